The van der Waals surface area contributed by atoms with Crippen molar-refractivity contribution in [3.05, 3.63) is 59.2 Å². The van der Waals surface area contributed by atoms with Gasteiger partial charge in [0.25, 0.3) is 0 Å². The molecule has 1 aromatic rings. The lowest BCUT2D eigenvalue weighted by Crippen LogP contribution is -1.92. The van der Waals surface area contributed by atoms with Crippen LogP contribution in [0, 0.1) is 5.92 Å². The van der Waals surface area contributed by atoms with E-state index in [1.807, 2.05) is 0 Å². The van der Waals surface area contributed by atoms with Crippen molar-refractivity contribution in [3.63, 3.8) is 0 Å². The van der Waals surface area contributed by atoms with Gasteiger partial charge in [-0.15, -0.1) is 0 Å². The molecule has 0 saturated carbocycles. The Labute approximate surface area is 86.0 Å². The van der Waals surface area contributed by atoms with Gasteiger partial charge in [0, 0.05) is 0 Å². The zero-order valence-corrected chi connectivity index (χ0v) is 8.83. The molecule has 0 nitrogen and oxygen atoms in total. The number of rotatable bonds is 2. The van der Waals surface area contributed by atoms with Crippen molar-refractivity contribution in [2.24, 2.45) is 5.92 Å². The van der Waals surface area contributed by atoms with Crippen LogP contribution in [0.1, 0.15) is 19.4 Å². The predicted octanol–water partition coefficient (Wildman–Crippen LogP) is 3.75. The number of hydrogen-bond donors (Lipinski definition) is 0. The van der Waals surface area contributed by atoms with Crippen LogP contribution in [0.3, 0.4) is 0 Å². The van der Waals surface area contributed by atoms with E-state index in [1.165, 1.54) is 16.7 Å². The second-order valence-corrected chi connectivity index (χ2v) is 4.02. The third-order valence-corrected chi connectivity index (χ3v) is 3.01. The maximum Gasteiger partial charge on any atom is -0.00262 e. The van der Waals surface area contributed by atoms with Gasteiger partial charge in [-0.2, -0.15) is 0 Å². The molecule has 2 rings (SSSR count). The average Bonchev–Trinajstić information content (AvgIpc) is 2.52. The first-order valence-corrected chi connectivity index (χ1v) is 5.19. The topological polar surface area (TPSA) is 0 Å². The molecule has 1 atom stereocenters. The van der Waals surface area contributed by atoms with E-state index in [2.05, 4.69) is 56.3 Å². The van der Waals surface area contributed by atoms with E-state index in [9.17, 15) is 0 Å². The highest BCUT2D eigenvalue weighted by Gasteiger charge is 2.11. The van der Waals surface area contributed by atoms with Crippen LogP contribution in [0.25, 0.3) is 0 Å². The normalized spacial score (nSPS) is 20.6. The summed E-state index contributed by atoms with van der Waals surface area (Å²) in [6.45, 7) is 4.49. The smallest absolute Gasteiger partial charge is 0.00262 e. The highest BCUT2D eigenvalue weighted by Crippen LogP contribution is 2.26. The Balaban J connectivity index is 2.17. The van der Waals surface area contributed by atoms with E-state index >= 15 is 0 Å². The zero-order valence-electron chi connectivity index (χ0n) is 8.83. The van der Waals surface area contributed by atoms with E-state index in [4.69, 9.17) is 0 Å². The maximum atomic E-state index is 2.29. The first-order chi connectivity index (χ1) is 6.77. The van der Waals surface area contributed by atoms with Gasteiger partial charge in [-0.3, -0.25) is 0 Å². The monoisotopic (exact) mass is 184 g/mol. The van der Waals surface area contributed by atoms with Gasteiger partial charge in [-0.25, -0.2) is 0 Å². The molecule has 1 aromatic carbocycles. The van der Waals surface area contributed by atoms with Crippen LogP contribution in [0.5, 0.6) is 0 Å². The standard InChI is InChI=1S/C14H16/c1-11-8-9-14(12(11)2)10-13-6-4-3-5-7-13/h3-9,11H,10H2,1-2H3. The lowest BCUT2D eigenvalue weighted by atomic mass is 10.00. The van der Waals surface area contributed by atoms with Gasteiger partial charge in [0.1, 0.15) is 0 Å². The van der Waals surface area contributed by atoms with Gasteiger partial charge in [0.2, 0.25) is 0 Å². The minimum atomic E-state index is 0.633. The molecule has 0 aliphatic heterocycles. The second-order valence-electron chi connectivity index (χ2n) is 4.02. The fourth-order valence-electron chi connectivity index (χ4n) is 1.84. The van der Waals surface area contributed by atoms with Gasteiger partial charge >= 0.3 is 0 Å². The quantitative estimate of drug-likeness (QED) is 0.656. The van der Waals surface area contributed by atoms with E-state index in [-0.39, 0.29) is 0 Å². The molecule has 0 saturated heterocycles. The summed E-state index contributed by atoms with van der Waals surface area (Å²) in [5.74, 6) is 0.633. The minimum absolute atomic E-state index is 0.633. The van der Waals surface area contributed by atoms with Crippen LogP contribution in [-0.4, -0.2) is 0 Å². The fraction of sp³-hybridized carbons (Fsp3) is 0.286. The molecule has 1 unspecified atom stereocenters. The summed E-state index contributed by atoms with van der Waals surface area (Å²) in [6, 6.07) is 10.7. The molecule has 72 valence electrons. The molecular formula is C14H16. The summed E-state index contributed by atoms with van der Waals surface area (Å²) in [4.78, 5) is 0. The summed E-state index contributed by atoms with van der Waals surface area (Å²) in [5.41, 5.74) is 4.41. The van der Waals surface area contributed by atoms with Crippen molar-refractivity contribution >= 4 is 0 Å². The Kier molecular flexibility index (Phi) is 2.53. The number of allylic oxidation sites excluding steroid dienone is 4. The van der Waals surface area contributed by atoms with Crippen LogP contribution in [0.2, 0.25) is 0 Å². The van der Waals surface area contributed by atoms with E-state index in [0.717, 1.165) is 6.42 Å². The van der Waals surface area contributed by atoms with Gasteiger partial charge in [0.05, 0.1) is 0 Å². The van der Waals surface area contributed by atoms with Crippen molar-refractivity contribution in [2.75, 3.05) is 0 Å². The molecule has 0 amide bonds. The van der Waals surface area contributed by atoms with Gasteiger partial charge in [-0.05, 0) is 30.4 Å². The minimum Gasteiger partial charge on any atom is -0.0773 e. The molecule has 0 fully saturated rings. The Morgan fingerprint density at radius 1 is 1.14 bits per heavy atom. The molecule has 0 heteroatoms. The second kappa shape index (κ2) is 3.83. The molecule has 14 heavy (non-hydrogen) atoms. The molecule has 0 aromatic heterocycles. The summed E-state index contributed by atoms with van der Waals surface area (Å²) in [7, 11) is 0. The molecule has 0 spiro atoms. The Hall–Kier alpha value is -1.30. The van der Waals surface area contributed by atoms with Crippen molar-refractivity contribution in [2.45, 2.75) is 20.3 Å². The largest absolute Gasteiger partial charge is 0.0773 e. The molecule has 1 aliphatic carbocycles. The summed E-state index contributed by atoms with van der Waals surface area (Å²) in [6.07, 6.45) is 5.63. The molecule has 1 aliphatic rings. The first kappa shape index (κ1) is 9.26. The Bertz CT molecular complexity index is 368. The van der Waals surface area contributed by atoms with Crippen molar-refractivity contribution < 1.29 is 0 Å². The number of benzene rings is 1. The van der Waals surface area contributed by atoms with Crippen LogP contribution >= 0.6 is 0 Å². The molecule has 0 bridgehead atoms. The van der Waals surface area contributed by atoms with Gasteiger partial charge < -0.3 is 0 Å². The maximum absolute atomic E-state index is 2.29. The van der Waals surface area contributed by atoms with Crippen LogP contribution in [-0.2, 0) is 6.42 Å². The van der Waals surface area contributed by atoms with Crippen LogP contribution in [0.15, 0.2) is 53.6 Å². The molecular weight excluding hydrogens is 168 g/mol. The molecule has 0 heterocycles. The van der Waals surface area contributed by atoms with Crippen molar-refractivity contribution in [1.82, 2.24) is 0 Å². The van der Waals surface area contributed by atoms with E-state index in [1.54, 1.807) is 0 Å². The Morgan fingerprint density at radius 3 is 2.43 bits per heavy atom. The lowest BCUT2D eigenvalue weighted by Gasteiger charge is -2.05. The van der Waals surface area contributed by atoms with Gasteiger partial charge in [-0.1, -0.05) is 55.0 Å². The van der Waals surface area contributed by atoms with E-state index in [0.29, 0.717) is 5.92 Å². The van der Waals surface area contributed by atoms with Crippen LogP contribution in [0.4, 0.5) is 0 Å². The predicted molar refractivity (Wildman–Crippen MR) is 61.2 cm³/mol. The summed E-state index contributed by atoms with van der Waals surface area (Å²) >= 11 is 0. The van der Waals surface area contributed by atoms with Crippen LogP contribution < -0.4 is 0 Å². The Morgan fingerprint density at radius 2 is 1.86 bits per heavy atom. The van der Waals surface area contributed by atoms with E-state index < -0.39 is 0 Å². The molecule has 0 N–H and O–H groups in total. The van der Waals surface area contributed by atoms with Gasteiger partial charge in [0.15, 0.2) is 0 Å². The fourth-order valence-corrected chi connectivity index (χ4v) is 1.84. The third kappa shape index (κ3) is 1.79. The average molecular weight is 184 g/mol. The zero-order chi connectivity index (χ0) is 9.97. The lowest BCUT2D eigenvalue weighted by molar-refractivity contribution is 0.870. The SMILES string of the molecule is CC1=C(Cc2ccccc2)C=CC1C. The molecule has 0 radical (unpaired) electrons. The number of hydrogen-bond acceptors (Lipinski definition) is 0. The first-order valence-electron chi connectivity index (χ1n) is 5.19. The summed E-state index contributed by atoms with van der Waals surface area (Å²) in [5, 5.41) is 0. The highest BCUT2D eigenvalue weighted by molar-refractivity contribution is 5.38. The highest BCUT2D eigenvalue weighted by atomic mass is 14.2. The van der Waals surface area contributed by atoms with Crippen molar-refractivity contribution in [1.29, 1.82) is 0 Å². The van der Waals surface area contributed by atoms with Crippen molar-refractivity contribution in [3.8, 4) is 0 Å². The third-order valence-electron chi connectivity index (χ3n) is 3.01. The summed E-state index contributed by atoms with van der Waals surface area (Å²) < 4.78 is 0.